The molecular formula is C25H32N2O5. The molecule has 32 heavy (non-hydrogen) atoms. The Balaban J connectivity index is 1.99. The van der Waals surface area contributed by atoms with Crippen LogP contribution in [0, 0.1) is 12.8 Å². The van der Waals surface area contributed by atoms with Crippen LogP contribution in [0.3, 0.4) is 0 Å². The minimum atomic E-state index is -0.377. The second-order valence-electron chi connectivity index (χ2n) is 7.99. The van der Waals surface area contributed by atoms with Crippen LogP contribution in [0.2, 0.25) is 0 Å². The van der Waals surface area contributed by atoms with Gasteiger partial charge in [0.05, 0.1) is 27.2 Å². The summed E-state index contributed by atoms with van der Waals surface area (Å²) in [6.07, 6.45) is 0.846. The maximum absolute atomic E-state index is 13.3. The molecule has 0 aliphatic carbocycles. The number of amides is 2. The van der Waals surface area contributed by atoms with E-state index in [0.29, 0.717) is 42.4 Å². The van der Waals surface area contributed by atoms with Crippen LogP contribution in [0.5, 0.6) is 17.2 Å². The van der Waals surface area contributed by atoms with Gasteiger partial charge in [0.25, 0.3) is 5.91 Å². The lowest BCUT2D eigenvalue weighted by molar-refractivity contribution is -0.124. The van der Waals surface area contributed by atoms with E-state index in [4.69, 9.17) is 14.2 Å². The van der Waals surface area contributed by atoms with Gasteiger partial charge >= 0.3 is 0 Å². The van der Waals surface area contributed by atoms with Gasteiger partial charge in [-0.25, -0.2) is 0 Å². The van der Waals surface area contributed by atoms with Crippen LogP contribution in [-0.4, -0.2) is 57.7 Å². The zero-order valence-electron chi connectivity index (χ0n) is 19.4. The minimum Gasteiger partial charge on any atom is -0.493 e. The number of likely N-dealkylation sites (tertiary alicyclic amines) is 1. The highest BCUT2D eigenvalue weighted by Crippen LogP contribution is 2.43. The average molecular weight is 441 g/mol. The molecule has 7 heteroatoms. The van der Waals surface area contributed by atoms with Crippen molar-refractivity contribution in [3.63, 3.8) is 0 Å². The van der Waals surface area contributed by atoms with Crippen LogP contribution < -0.4 is 19.5 Å². The Bertz CT molecular complexity index is 950. The molecule has 1 saturated heterocycles. The average Bonchev–Trinajstić information content (AvgIpc) is 3.27. The topological polar surface area (TPSA) is 77.1 Å². The number of methoxy groups -OCH3 is 3. The summed E-state index contributed by atoms with van der Waals surface area (Å²) in [4.78, 5) is 28.1. The molecule has 7 nitrogen and oxygen atoms in total. The molecule has 2 aromatic carbocycles. The van der Waals surface area contributed by atoms with E-state index in [9.17, 15) is 9.59 Å². The van der Waals surface area contributed by atoms with Crippen LogP contribution in [0.4, 0.5) is 0 Å². The van der Waals surface area contributed by atoms with Gasteiger partial charge in [0.2, 0.25) is 11.7 Å². The van der Waals surface area contributed by atoms with Crippen molar-refractivity contribution >= 4 is 11.8 Å². The Hall–Kier alpha value is -3.22. The number of aryl methyl sites for hydroxylation is 1. The first-order chi connectivity index (χ1) is 15.4. The Labute approximate surface area is 189 Å². The van der Waals surface area contributed by atoms with Gasteiger partial charge in [-0.05, 0) is 42.7 Å². The summed E-state index contributed by atoms with van der Waals surface area (Å²) < 4.78 is 16.5. The molecule has 3 rings (SSSR count). The van der Waals surface area contributed by atoms with E-state index < -0.39 is 0 Å². The van der Waals surface area contributed by atoms with Crippen molar-refractivity contribution in [2.45, 2.75) is 26.2 Å². The smallest absolute Gasteiger partial charge is 0.254 e. The normalized spacial score (nSPS) is 17.7. The summed E-state index contributed by atoms with van der Waals surface area (Å²) in [5, 5.41) is 3.00. The molecule has 1 fully saturated rings. The number of benzene rings is 2. The molecule has 1 N–H and O–H groups in total. The first kappa shape index (κ1) is 23.4. The predicted octanol–water partition coefficient (Wildman–Crippen LogP) is 3.40. The summed E-state index contributed by atoms with van der Waals surface area (Å²) in [6, 6.07) is 11.3. The third-order valence-electron chi connectivity index (χ3n) is 5.98. The zero-order chi connectivity index (χ0) is 23.3. The van der Waals surface area contributed by atoms with Gasteiger partial charge in [-0.2, -0.15) is 0 Å². The number of nitrogens with one attached hydrogen (secondary N) is 1. The summed E-state index contributed by atoms with van der Waals surface area (Å²) in [5.74, 6) is 0.857. The minimum absolute atomic E-state index is 0.0503. The molecule has 0 aromatic heterocycles. The van der Waals surface area contributed by atoms with Crippen molar-refractivity contribution in [1.29, 1.82) is 0 Å². The Morgan fingerprint density at radius 1 is 1.03 bits per heavy atom. The maximum Gasteiger partial charge on any atom is 0.254 e. The highest BCUT2D eigenvalue weighted by molar-refractivity contribution is 5.96. The molecule has 0 bridgehead atoms. The van der Waals surface area contributed by atoms with Crippen molar-refractivity contribution in [2.75, 3.05) is 41.0 Å². The van der Waals surface area contributed by atoms with Gasteiger partial charge in [0, 0.05) is 31.1 Å². The molecule has 0 saturated carbocycles. The van der Waals surface area contributed by atoms with Crippen LogP contribution >= 0.6 is 0 Å². The number of carbonyl (C=O) groups excluding carboxylic acids is 2. The molecule has 1 aliphatic heterocycles. The third-order valence-corrected chi connectivity index (χ3v) is 5.98. The molecule has 1 heterocycles. The van der Waals surface area contributed by atoms with Gasteiger partial charge in [-0.1, -0.05) is 25.1 Å². The predicted molar refractivity (Wildman–Crippen MR) is 123 cm³/mol. The fourth-order valence-electron chi connectivity index (χ4n) is 4.25. The Morgan fingerprint density at radius 3 is 2.25 bits per heavy atom. The second kappa shape index (κ2) is 10.4. The van der Waals surface area contributed by atoms with E-state index >= 15 is 0 Å². The first-order valence-electron chi connectivity index (χ1n) is 10.9. The monoisotopic (exact) mass is 440 g/mol. The fourth-order valence-corrected chi connectivity index (χ4v) is 4.25. The molecule has 0 radical (unpaired) electrons. The van der Waals surface area contributed by atoms with Crippen molar-refractivity contribution in [2.24, 2.45) is 5.92 Å². The molecule has 0 unspecified atom stereocenters. The van der Waals surface area contributed by atoms with E-state index in [1.165, 1.54) is 0 Å². The number of hydrogen-bond acceptors (Lipinski definition) is 5. The SMILES string of the molecule is CCCNC(=O)[C@@H]1CN(C(=O)c2ccccc2C)C[C@@H]1c1cc(OC)c(OC)c(OC)c1. The van der Waals surface area contributed by atoms with E-state index in [0.717, 1.165) is 17.5 Å². The van der Waals surface area contributed by atoms with Crippen LogP contribution in [-0.2, 0) is 4.79 Å². The highest BCUT2D eigenvalue weighted by Gasteiger charge is 2.41. The van der Waals surface area contributed by atoms with Gasteiger partial charge in [0.15, 0.2) is 11.5 Å². The number of carbonyl (C=O) groups is 2. The van der Waals surface area contributed by atoms with Crippen LogP contribution in [0.15, 0.2) is 36.4 Å². The van der Waals surface area contributed by atoms with Gasteiger partial charge in [-0.3, -0.25) is 9.59 Å². The number of ether oxygens (including phenoxy) is 3. The molecule has 172 valence electrons. The quantitative estimate of drug-likeness (QED) is 0.681. The van der Waals surface area contributed by atoms with Gasteiger partial charge in [-0.15, -0.1) is 0 Å². The van der Waals surface area contributed by atoms with E-state index in [2.05, 4.69) is 5.32 Å². The Morgan fingerprint density at radius 2 is 1.69 bits per heavy atom. The van der Waals surface area contributed by atoms with E-state index in [-0.39, 0.29) is 23.7 Å². The summed E-state index contributed by atoms with van der Waals surface area (Å²) in [7, 11) is 4.68. The number of rotatable bonds is 8. The van der Waals surface area contributed by atoms with Crippen LogP contribution in [0.1, 0.15) is 40.7 Å². The van der Waals surface area contributed by atoms with Gasteiger partial charge in [0.1, 0.15) is 0 Å². The van der Waals surface area contributed by atoms with Crippen molar-refractivity contribution in [3.05, 3.63) is 53.1 Å². The van der Waals surface area contributed by atoms with Crippen molar-refractivity contribution in [3.8, 4) is 17.2 Å². The van der Waals surface area contributed by atoms with Gasteiger partial charge < -0.3 is 24.4 Å². The molecule has 2 amide bonds. The fraction of sp³-hybridized carbons (Fsp3) is 0.440. The number of hydrogen-bond donors (Lipinski definition) is 1. The lowest BCUT2D eigenvalue weighted by Crippen LogP contribution is -2.36. The molecule has 2 aromatic rings. The Kier molecular flexibility index (Phi) is 7.62. The molecule has 1 aliphatic rings. The van der Waals surface area contributed by atoms with E-state index in [1.807, 2.05) is 50.2 Å². The standard InChI is InChI=1S/C25H32N2O5/c1-6-11-26-24(28)20-15-27(25(29)18-10-8-7-9-16(18)2)14-19(20)17-12-21(30-3)23(32-5)22(13-17)31-4/h7-10,12-13,19-20H,6,11,14-15H2,1-5H3,(H,26,28)/t19-,20-/m1/s1. The second-order valence-corrected chi connectivity index (χ2v) is 7.99. The molecule has 2 atom stereocenters. The lowest BCUT2D eigenvalue weighted by atomic mass is 9.88. The summed E-state index contributed by atoms with van der Waals surface area (Å²) in [6.45, 7) is 5.31. The maximum atomic E-state index is 13.3. The van der Waals surface area contributed by atoms with Crippen molar-refractivity contribution < 1.29 is 23.8 Å². The number of nitrogens with zero attached hydrogens (tertiary/aromatic N) is 1. The van der Waals surface area contributed by atoms with E-state index in [1.54, 1.807) is 26.2 Å². The van der Waals surface area contributed by atoms with Crippen molar-refractivity contribution in [1.82, 2.24) is 10.2 Å². The van der Waals surface area contributed by atoms with Crippen LogP contribution in [0.25, 0.3) is 0 Å². The summed E-state index contributed by atoms with van der Waals surface area (Å²) >= 11 is 0. The third kappa shape index (κ3) is 4.66. The molecule has 0 spiro atoms. The summed E-state index contributed by atoms with van der Waals surface area (Å²) in [5.41, 5.74) is 2.45. The molecular weight excluding hydrogens is 408 g/mol. The first-order valence-corrected chi connectivity index (χ1v) is 10.9. The largest absolute Gasteiger partial charge is 0.493 e. The highest BCUT2D eigenvalue weighted by atomic mass is 16.5. The zero-order valence-corrected chi connectivity index (χ0v) is 19.4. The lowest BCUT2D eigenvalue weighted by Gasteiger charge is -2.21.